The number of nitrogens with zero attached hydrogens (tertiary/aromatic N) is 2. The second kappa shape index (κ2) is 9.35. The summed E-state index contributed by atoms with van der Waals surface area (Å²) in [5, 5.41) is 4.43. The highest BCUT2D eigenvalue weighted by Crippen LogP contribution is 2.30. The summed E-state index contributed by atoms with van der Waals surface area (Å²) in [6, 6.07) is 13.1. The van der Waals surface area contributed by atoms with Gasteiger partial charge in [-0.2, -0.15) is 11.8 Å². The molecule has 0 saturated heterocycles. The molecule has 0 bridgehead atoms. The van der Waals surface area contributed by atoms with Gasteiger partial charge in [-0.25, -0.2) is 4.98 Å². The molecular weight excluding hydrogens is 428 g/mol. The molecule has 0 aliphatic heterocycles. The van der Waals surface area contributed by atoms with Crippen molar-refractivity contribution < 1.29 is 14.3 Å². The van der Waals surface area contributed by atoms with Gasteiger partial charge in [-0.05, 0) is 18.2 Å². The van der Waals surface area contributed by atoms with E-state index < -0.39 is 0 Å². The van der Waals surface area contributed by atoms with Crippen molar-refractivity contribution in [3.05, 3.63) is 64.3 Å². The number of carbonyl (C=O) groups excluding carboxylic acids is 1. The molecule has 2 aromatic carbocycles. The van der Waals surface area contributed by atoms with Gasteiger partial charge in [0.15, 0.2) is 11.5 Å². The number of benzene rings is 2. The summed E-state index contributed by atoms with van der Waals surface area (Å²) >= 11 is 1.58. The topological polar surface area (TPSA) is 98.2 Å². The van der Waals surface area contributed by atoms with E-state index in [1.54, 1.807) is 31.0 Å². The Morgan fingerprint density at radius 2 is 1.91 bits per heavy atom. The Labute approximate surface area is 188 Å². The Morgan fingerprint density at radius 3 is 2.66 bits per heavy atom. The number of thioether (sulfide) groups is 1. The first-order valence-corrected chi connectivity index (χ1v) is 11.2. The zero-order valence-corrected chi connectivity index (χ0v) is 18.9. The van der Waals surface area contributed by atoms with Gasteiger partial charge in [0, 0.05) is 36.3 Å². The first kappa shape index (κ1) is 21.8. The second-order valence-electron chi connectivity index (χ2n) is 7.19. The van der Waals surface area contributed by atoms with Crippen molar-refractivity contribution in [1.29, 1.82) is 0 Å². The van der Waals surface area contributed by atoms with E-state index in [0.717, 1.165) is 10.9 Å². The Hall–Kier alpha value is -3.46. The Bertz CT molecular complexity index is 1350. The fourth-order valence-electron chi connectivity index (χ4n) is 3.59. The van der Waals surface area contributed by atoms with Crippen LogP contribution in [0, 0.1) is 0 Å². The third-order valence-corrected chi connectivity index (χ3v) is 6.19. The van der Waals surface area contributed by atoms with Crippen LogP contribution in [-0.2, 0) is 12.8 Å². The molecule has 2 N–H and O–H groups in total. The zero-order chi connectivity index (χ0) is 22.7. The molecule has 0 saturated carbocycles. The van der Waals surface area contributed by atoms with Crippen LogP contribution in [0.15, 0.2) is 47.3 Å². The Balaban J connectivity index is 1.35. The lowest BCUT2D eigenvalue weighted by Gasteiger charge is -2.09. The highest BCUT2D eigenvalue weighted by atomic mass is 32.2. The van der Waals surface area contributed by atoms with E-state index >= 15 is 0 Å². The number of carbonyl (C=O) groups is 1. The van der Waals surface area contributed by atoms with Gasteiger partial charge >= 0.3 is 0 Å². The van der Waals surface area contributed by atoms with Crippen LogP contribution in [0.5, 0.6) is 11.5 Å². The van der Waals surface area contributed by atoms with Crippen molar-refractivity contribution in [1.82, 2.24) is 19.9 Å². The number of nitrogens with one attached hydrogen (secondary N) is 2. The molecule has 0 unspecified atom stereocenters. The predicted molar refractivity (Wildman–Crippen MR) is 127 cm³/mol. The fraction of sp³-hybridized carbons (Fsp3) is 0.261. The minimum Gasteiger partial charge on any atom is -0.493 e. The van der Waals surface area contributed by atoms with Crippen molar-refractivity contribution in [3.8, 4) is 11.5 Å². The highest BCUT2D eigenvalue weighted by molar-refractivity contribution is 7.98. The van der Waals surface area contributed by atoms with E-state index in [-0.39, 0.29) is 11.5 Å². The van der Waals surface area contributed by atoms with Crippen LogP contribution in [-0.4, -0.2) is 47.0 Å². The summed E-state index contributed by atoms with van der Waals surface area (Å²) in [6.45, 7) is 0.508. The molecule has 4 aromatic rings. The van der Waals surface area contributed by atoms with Crippen LogP contribution >= 0.6 is 11.8 Å². The van der Waals surface area contributed by atoms with Crippen molar-refractivity contribution in [2.75, 3.05) is 26.5 Å². The van der Waals surface area contributed by atoms with Gasteiger partial charge < -0.3 is 24.3 Å². The van der Waals surface area contributed by atoms with Crippen LogP contribution in [0.2, 0.25) is 0 Å². The minimum atomic E-state index is -0.226. The summed E-state index contributed by atoms with van der Waals surface area (Å²) < 4.78 is 12.4. The molecule has 9 heteroatoms. The van der Waals surface area contributed by atoms with Gasteiger partial charge in [0.1, 0.15) is 11.5 Å². The molecule has 0 spiro atoms. The number of fused-ring (bicyclic) bond motifs is 2. The van der Waals surface area contributed by atoms with E-state index in [9.17, 15) is 9.59 Å². The average Bonchev–Trinajstić information content (AvgIpc) is 3.14. The van der Waals surface area contributed by atoms with Crippen molar-refractivity contribution in [3.63, 3.8) is 0 Å². The lowest BCUT2D eigenvalue weighted by atomic mass is 10.2. The summed E-state index contributed by atoms with van der Waals surface area (Å²) in [5.74, 6) is 2.67. The molecule has 0 atom stereocenters. The van der Waals surface area contributed by atoms with E-state index in [1.165, 1.54) is 7.11 Å². The largest absolute Gasteiger partial charge is 0.493 e. The van der Waals surface area contributed by atoms with Crippen molar-refractivity contribution in [2.24, 2.45) is 7.05 Å². The molecular formula is C23H24N4O4S. The number of para-hydroxylation sites is 1. The number of ether oxygens (including phenoxy) is 2. The number of H-pyrrole nitrogens is 1. The van der Waals surface area contributed by atoms with Gasteiger partial charge in [0.2, 0.25) is 0 Å². The van der Waals surface area contributed by atoms with Crippen LogP contribution in [0.4, 0.5) is 0 Å². The lowest BCUT2D eigenvalue weighted by molar-refractivity contribution is 0.0948. The third-order valence-electron chi connectivity index (χ3n) is 5.21. The molecule has 0 radical (unpaired) electrons. The van der Waals surface area contributed by atoms with Crippen molar-refractivity contribution in [2.45, 2.75) is 5.75 Å². The standard InChI is InChI=1S/C23H24N4O4S/c1-27-17-7-5-4-6-14(17)10-18(27)23(29)24-8-9-32-13-21-25-16-12-20(31-3)19(30-2)11-15(16)22(28)26-21/h4-7,10-12H,8-9,13H2,1-3H3,(H,24,29)(H,25,26,28). The van der Waals surface area contributed by atoms with Gasteiger partial charge in [0.05, 0.1) is 30.9 Å². The molecule has 4 rings (SSSR count). The number of hydrogen-bond acceptors (Lipinski definition) is 6. The molecule has 0 aliphatic carbocycles. The Kier molecular flexibility index (Phi) is 6.36. The first-order valence-electron chi connectivity index (χ1n) is 10.1. The summed E-state index contributed by atoms with van der Waals surface area (Å²) in [4.78, 5) is 32.3. The molecule has 0 fully saturated rings. The maximum absolute atomic E-state index is 12.5. The molecule has 0 aliphatic rings. The monoisotopic (exact) mass is 452 g/mol. The summed E-state index contributed by atoms with van der Waals surface area (Å²) in [6.07, 6.45) is 0. The smallest absolute Gasteiger partial charge is 0.267 e. The third kappa shape index (κ3) is 4.29. The number of hydrogen-bond donors (Lipinski definition) is 2. The van der Waals surface area contributed by atoms with Gasteiger partial charge in [-0.15, -0.1) is 0 Å². The first-order chi connectivity index (χ1) is 15.5. The average molecular weight is 453 g/mol. The van der Waals surface area contributed by atoms with Crippen molar-refractivity contribution >= 4 is 39.5 Å². The number of methoxy groups -OCH3 is 2. The number of aromatic nitrogens is 3. The van der Waals surface area contributed by atoms with Gasteiger partial charge in [0.25, 0.3) is 11.5 Å². The minimum absolute atomic E-state index is 0.109. The van der Waals surface area contributed by atoms with E-state index in [0.29, 0.717) is 52.0 Å². The van der Waals surface area contributed by atoms with Gasteiger partial charge in [-0.1, -0.05) is 18.2 Å². The number of amides is 1. The number of aryl methyl sites for hydroxylation is 1. The van der Waals surface area contributed by atoms with Crippen LogP contribution in [0.25, 0.3) is 21.8 Å². The molecule has 2 aromatic heterocycles. The molecule has 1 amide bonds. The summed E-state index contributed by atoms with van der Waals surface area (Å²) in [7, 11) is 4.95. The fourth-order valence-corrected chi connectivity index (χ4v) is 4.31. The molecule has 166 valence electrons. The SMILES string of the molecule is COc1cc2nc(CSCCNC(=O)c3cc4ccccc4n3C)[nH]c(=O)c2cc1OC. The quantitative estimate of drug-likeness (QED) is 0.399. The number of aromatic amines is 1. The maximum atomic E-state index is 12.5. The van der Waals surface area contributed by atoms with Crippen LogP contribution in [0.1, 0.15) is 16.3 Å². The zero-order valence-electron chi connectivity index (χ0n) is 18.1. The normalized spacial score (nSPS) is 11.1. The highest BCUT2D eigenvalue weighted by Gasteiger charge is 2.13. The second-order valence-corrected chi connectivity index (χ2v) is 8.30. The van der Waals surface area contributed by atoms with Crippen LogP contribution in [0.3, 0.4) is 0 Å². The molecule has 2 heterocycles. The van der Waals surface area contributed by atoms with E-state index in [2.05, 4.69) is 15.3 Å². The van der Waals surface area contributed by atoms with Gasteiger partial charge in [-0.3, -0.25) is 9.59 Å². The molecule has 32 heavy (non-hydrogen) atoms. The lowest BCUT2D eigenvalue weighted by Crippen LogP contribution is -2.27. The number of rotatable bonds is 8. The summed E-state index contributed by atoms with van der Waals surface area (Å²) in [5.41, 5.74) is 1.97. The maximum Gasteiger partial charge on any atom is 0.267 e. The molecule has 8 nitrogen and oxygen atoms in total. The van der Waals surface area contributed by atoms with E-state index in [1.807, 2.05) is 41.9 Å². The van der Waals surface area contributed by atoms with Crippen LogP contribution < -0.4 is 20.3 Å². The van der Waals surface area contributed by atoms with E-state index in [4.69, 9.17) is 9.47 Å². The predicted octanol–water partition coefficient (Wildman–Crippen LogP) is 3.10. The Morgan fingerprint density at radius 1 is 1.16 bits per heavy atom.